The number of hydrogen-bond donors (Lipinski definition) is 1. The van der Waals surface area contributed by atoms with Gasteiger partial charge in [0.05, 0.1) is 11.4 Å². The van der Waals surface area contributed by atoms with Crippen molar-refractivity contribution in [2.45, 2.75) is 19.6 Å². The molecule has 0 bridgehead atoms. The Bertz CT molecular complexity index is 1020. The number of aliphatic hydroxyl groups is 1. The van der Waals surface area contributed by atoms with Gasteiger partial charge in [-0.3, -0.25) is 9.88 Å². The molecule has 2 aromatic carbocycles. The average Bonchev–Trinajstić information content (AvgIpc) is 2.76. The van der Waals surface area contributed by atoms with E-state index in [0.717, 1.165) is 35.8 Å². The van der Waals surface area contributed by atoms with Gasteiger partial charge in [0.25, 0.3) is 0 Å². The largest absolute Gasteiger partial charge is 0.382 e. The summed E-state index contributed by atoms with van der Waals surface area (Å²) in [6.45, 7) is 5.60. The number of hydrogen-bond acceptors (Lipinski definition) is 4. The number of para-hydroxylation sites is 1. The highest BCUT2D eigenvalue weighted by molar-refractivity contribution is 6.31. The van der Waals surface area contributed by atoms with Crippen LogP contribution >= 0.6 is 11.6 Å². The van der Waals surface area contributed by atoms with Crippen LogP contribution in [-0.4, -0.2) is 41.2 Å². The highest BCUT2D eigenvalue weighted by Crippen LogP contribution is 2.34. The lowest BCUT2D eigenvalue weighted by molar-refractivity contribution is 0.213. The zero-order chi connectivity index (χ0) is 21.1. The van der Waals surface area contributed by atoms with Crippen LogP contribution in [0.15, 0.2) is 60.8 Å². The molecule has 0 radical (unpaired) electrons. The van der Waals surface area contributed by atoms with Crippen LogP contribution in [0.25, 0.3) is 0 Å². The number of pyridine rings is 1. The Hall–Kier alpha value is -2.47. The van der Waals surface area contributed by atoms with Crippen LogP contribution in [0.3, 0.4) is 0 Å². The van der Waals surface area contributed by atoms with Gasteiger partial charge in [-0.15, -0.1) is 0 Å². The minimum atomic E-state index is -0.974. The van der Waals surface area contributed by atoms with E-state index in [1.807, 2.05) is 48.2 Å². The zero-order valence-corrected chi connectivity index (χ0v) is 17.7. The summed E-state index contributed by atoms with van der Waals surface area (Å²) in [5.74, 6) is -0.320. The molecular formula is C24H25ClFN3O. The number of rotatable bonds is 5. The second kappa shape index (κ2) is 9.13. The van der Waals surface area contributed by atoms with Crippen molar-refractivity contribution >= 4 is 17.3 Å². The lowest BCUT2D eigenvalue weighted by Crippen LogP contribution is -2.46. The average molecular weight is 426 g/mol. The number of halogens is 2. The van der Waals surface area contributed by atoms with Crippen LogP contribution in [0.1, 0.15) is 28.5 Å². The number of anilines is 1. The van der Waals surface area contributed by atoms with E-state index in [0.29, 0.717) is 30.0 Å². The predicted octanol–water partition coefficient (Wildman–Crippen LogP) is 4.59. The fourth-order valence-corrected chi connectivity index (χ4v) is 4.21. The molecule has 4 nitrogen and oxygen atoms in total. The summed E-state index contributed by atoms with van der Waals surface area (Å²) in [6, 6.07) is 16.5. The fraction of sp³-hybridized carbons (Fsp3) is 0.292. The molecule has 1 atom stereocenters. The molecule has 1 aliphatic heterocycles. The first kappa shape index (κ1) is 20.8. The fourth-order valence-electron chi connectivity index (χ4n) is 4.01. The van der Waals surface area contributed by atoms with Gasteiger partial charge < -0.3 is 10.0 Å². The van der Waals surface area contributed by atoms with Gasteiger partial charge >= 0.3 is 0 Å². The van der Waals surface area contributed by atoms with Gasteiger partial charge in [-0.1, -0.05) is 48.0 Å². The molecule has 1 aliphatic rings. The standard InChI is InChI=1S/C24H25ClFN3O/c1-17-6-5-11-27-22(17)24(30)19-8-4-10-21(26)23(19)29-14-12-28(13-15-29)16-18-7-2-3-9-20(18)25/h2-11,24,30H,12-16H2,1H3/t24-/m0/s1. The Labute approximate surface area is 181 Å². The number of aromatic nitrogens is 1. The van der Waals surface area contributed by atoms with Crippen molar-refractivity contribution in [2.24, 2.45) is 0 Å². The van der Waals surface area contributed by atoms with Crippen molar-refractivity contribution in [3.63, 3.8) is 0 Å². The second-order valence-electron chi connectivity index (χ2n) is 7.64. The molecule has 1 aromatic heterocycles. The molecule has 2 heterocycles. The number of aliphatic hydroxyl groups excluding tert-OH is 1. The SMILES string of the molecule is Cc1cccnc1[C@@H](O)c1cccc(F)c1N1CCN(Cc2ccccc2Cl)CC1. The van der Waals surface area contributed by atoms with Crippen molar-refractivity contribution in [2.75, 3.05) is 31.1 Å². The van der Waals surface area contributed by atoms with Gasteiger partial charge in [0.1, 0.15) is 11.9 Å². The third-order valence-corrected chi connectivity index (χ3v) is 6.03. The molecule has 4 rings (SSSR count). The van der Waals surface area contributed by atoms with Crippen LogP contribution in [0, 0.1) is 12.7 Å². The summed E-state index contributed by atoms with van der Waals surface area (Å²) < 4.78 is 14.9. The number of nitrogens with zero attached hydrogens (tertiary/aromatic N) is 3. The molecule has 0 unspecified atom stereocenters. The highest BCUT2D eigenvalue weighted by atomic mass is 35.5. The van der Waals surface area contributed by atoms with Crippen molar-refractivity contribution in [3.05, 3.63) is 94.0 Å². The third kappa shape index (κ3) is 4.33. The van der Waals surface area contributed by atoms with E-state index in [-0.39, 0.29) is 5.82 Å². The zero-order valence-electron chi connectivity index (χ0n) is 16.9. The number of aryl methyl sites for hydroxylation is 1. The minimum absolute atomic E-state index is 0.320. The highest BCUT2D eigenvalue weighted by Gasteiger charge is 2.26. The van der Waals surface area contributed by atoms with Crippen LogP contribution < -0.4 is 4.90 Å². The minimum Gasteiger partial charge on any atom is -0.382 e. The Balaban J connectivity index is 1.53. The first-order valence-electron chi connectivity index (χ1n) is 10.1. The summed E-state index contributed by atoms with van der Waals surface area (Å²) in [5, 5.41) is 11.8. The van der Waals surface area contributed by atoms with Crippen LogP contribution in [0.2, 0.25) is 5.02 Å². The summed E-state index contributed by atoms with van der Waals surface area (Å²) in [7, 11) is 0. The van der Waals surface area contributed by atoms with Crippen LogP contribution in [-0.2, 0) is 6.54 Å². The van der Waals surface area contributed by atoms with E-state index in [4.69, 9.17) is 11.6 Å². The molecule has 1 N–H and O–H groups in total. The molecular weight excluding hydrogens is 401 g/mol. The quantitative estimate of drug-likeness (QED) is 0.649. The maximum Gasteiger partial charge on any atom is 0.146 e. The van der Waals surface area contributed by atoms with E-state index >= 15 is 0 Å². The van der Waals surface area contributed by atoms with E-state index in [2.05, 4.69) is 9.88 Å². The Morgan fingerprint density at radius 3 is 2.53 bits per heavy atom. The molecule has 3 aromatic rings. The predicted molar refractivity (Wildman–Crippen MR) is 118 cm³/mol. The molecule has 1 fully saturated rings. The number of benzene rings is 2. The summed E-state index contributed by atoms with van der Waals surface area (Å²) in [6.07, 6.45) is 0.677. The van der Waals surface area contributed by atoms with Crippen molar-refractivity contribution in [1.29, 1.82) is 0 Å². The van der Waals surface area contributed by atoms with E-state index in [9.17, 15) is 9.50 Å². The Kier molecular flexibility index (Phi) is 6.32. The Morgan fingerprint density at radius 1 is 1.03 bits per heavy atom. The molecule has 30 heavy (non-hydrogen) atoms. The van der Waals surface area contributed by atoms with E-state index < -0.39 is 6.10 Å². The Morgan fingerprint density at radius 2 is 1.80 bits per heavy atom. The number of piperazine rings is 1. The molecule has 0 aliphatic carbocycles. The maximum absolute atomic E-state index is 14.9. The van der Waals surface area contributed by atoms with Gasteiger partial charge in [-0.25, -0.2) is 4.39 Å². The summed E-state index contributed by atoms with van der Waals surface area (Å²) >= 11 is 6.30. The van der Waals surface area contributed by atoms with E-state index in [1.54, 1.807) is 18.3 Å². The first-order valence-corrected chi connectivity index (χ1v) is 10.5. The van der Waals surface area contributed by atoms with E-state index in [1.165, 1.54) is 6.07 Å². The molecule has 0 spiro atoms. The second-order valence-corrected chi connectivity index (χ2v) is 8.05. The lowest BCUT2D eigenvalue weighted by atomic mass is 9.99. The normalized spacial score (nSPS) is 15.9. The van der Waals surface area contributed by atoms with Gasteiger partial charge in [0, 0.05) is 49.5 Å². The third-order valence-electron chi connectivity index (χ3n) is 5.66. The monoisotopic (exact) mass is 425 g/mol. The van der Waals surface area contributed by atoms with Gasteiger partial charge in [-0.2, -0.15) is 0 Å². The lowest BCUT2D eigenvalue weighted by Gasteiger charge is -2.37. The maximum atomic E-state index is 14.9. The smallest absolute Gasteiger partial charge is 0.146 e. The van der Waals surface area contributed by atoms with Crippen molar-refractivity contribution < 1.29 is 9.50 Å². The van der Waals surface area contributed by atoms with Crippen LogP contribution in [0.5, 0.6) is 0 Å². The molecule has 156 valence electrons. The molecule has 6 heteroatoms. The van der Waals surface area contributed by atoms with Crippen molar-refractivity contribution in [1.82, 2.24) is 9.88 Å². The topological polar surface area (TPSA) is 39.6 Å². The van der Waals surface area contributed by atoms with Gasteiger partial charge in [0.2, 0.25) is 0 Å². The molecule has 0 saturated carbocycles. The van der Waals surface area contributed by atoms with Crippen LogP contribution in [0.4, 0.5) is 10.1 Å². The molecule has 0 amide bonds. The summed E-state index contributed by atoms with van der Waals surface area (Å²) in [5.41, 5.74) is 3.55. The summed E-state index contributed by atoms with van der Waals surface area (Å²) in [4.78, 5) is 8.67. The van der Waals surface area contributed by atoms with Crippen molar-refractivity contribution in [3.8, 4) is 0 Å². The van der Waals surface area contributed by atoms with Gasteiger partial charge in [-0.05, 0) is 36.2 Å². The molecule has 1 saturated heterocycles. The van der Waals surface area contributed by atoms with Gasteiger partial charge in [0.15, 0.2) is 0 Å². The first-order chi connectivity index (χ1) is 14.5.